The Bertz CT molecular complexity index is 986. The second-order valence-corrected chi connectivity index (χ2v) is 13.8. The van der Waals surface area contributed by atoms with Crippen LogP contribution in [-0.2, 0) is 23.9 Å². The number of nitrogens with zero attached hydrogens (tertiary/aromatic N) is 2. The number of aliphatic hydroxyl groups excluding tert-OH is 1. The fourth-order valence-electron chi connectivity index (χ4n) is 7.71. The van der Waals surface area contributed by atoms with Crippen molar-refractivity contribution in [2.24, 2.45) is 23.2 Å². The number of hydrogen-bond donors (Lipinski definition) is 1. The molecular weight excluding hydrogens is 496 g/mol. The molecule has 0 aliphatic carbocycles. The molecule has 2 unspecified atom stereocenters. The highest BCUT2D eigenvalue weighted by atomic mass is 16.6. The van der Waals surface area contributed by atoms with Gasteiger partial charge in [-0.2, -0.15) is 0 Å². The molecule has 2 amide bonds. The molecule has 0 aromatic heterocycles. The number of ether oxygens (including phenoxy) is 2. The van der Waals surface area contributed by atoms with Crippen molar-refractivity contribution in [1.29, 1.82) is 0 Å². The Morgan fingerprint density at radius 3 is 2.38 bits per heavy atom. The summed E-state index contributed by atoms with van der Waals surface area (Å²) in [5.74, 6) is -2.83. The Morgan fingerprint density at radius 1 is 1.23 bits per heavy atom. The predicted molar refractivity (Wildman–Crippen MR) is 151 cm³/mol. The molecule has 2 bridgehead atoms. The van der Waals surface area contributed by atoms with Gasteiger partial charge in [0, 0.05) is 12.1 Å². The molecule has 3 fully saturated rings. The van der Waals surface area contributed by atoms with E-state index in [9.17, 15) is 19.5 Å². The van der Waals surface area contributed by atoms with E-state index in [0.717, 1.165) is 6.42 Å². The molecule has 39 heavy (non-hydrogen) atoms. The number of rotatable bonds is 12. The van der Waals surface area contributed by atoms with E-state index >= 15 is 0 Å². The summed E-state index contributed by atoms with van der Waals surface area (Å²) in [6.45, 7) is 23.9. The summed E-state index contributed by atoms with van der Waals surface area (Å²) in [5, 5.41) is 10.6. The average molecular weight is 547 g/mol. The smallest absolute Gasteiger partial charge is 0.313 e. The van der Waals surface area contributed by atoms with Crippen LogP contribution in [0.15, 0.2) is 25.3 Å². The minimum Gasteiger partial charge on any atom is -0.461 e. The Kier molecular flexibility index (Phi) is 8.84. The van der Waals surface area contributed by atoms with Crippen LogP contribution in [0.2, 0.25) is 0 Å². The van der Waals surface area contributed by atoms with Gasteiger partial charge < -0.3 is 24.4 Å². The van der Waals surface area contributed by atoms with E-state index < -0.39 is 46.6 Å². The highest BCUT2D eigenvalue weighted by molar-refractivity contribution is 5.99. The van der Waals surface area contributed by atoms with Gasteiger partial charge in [-0.15, -0.1) is 6.58 Å². The van der Waals surface area contributed by atoms with Gasteiger partial charge in [-0.05, 0) is 51.4 Å². The number of fused-ring (bicyclic) bond motifs is 1. The quantitative estimate of drug-likeness (QED) is 0.292. The predicted octanol–water partition coefficient (Wildman–Crippen LogP) is 4.12. The van der Waals surface area contributed by atoms with E-state index in [2.05, 4.69) is 33.9 Å². The van der Waals surface area contributed by atoms with Crippen LogP contribution in [0, 0.1) is 23.2 Å². The number of carbonyl (C=O) groups excluding carboxylic acids is 3. The van der Waals surface area contributed by atoms with Gasteiger partial charge in [0.05, 0.1) is 24.2 Å². The number of likely N-dealkylation sites (tertiary alicyclic amines) is 1. The van der Waals surface area contributed by atoms with Crippen LogP contribution in [0.1, 0.15) is 81.1 Å². The van der Waals surface area contributed by atoms with Crippen LogP contribution in [0.4, 0.5) is 0 Å². The lowest BCUT2D eigenvalue weighted by Gasteiger charge is -2.47. The molecule has 1 N–H and O–H groups in total. The van der Waals surface area contributed by atoms with Gasteiger partial charge in [-0.3, -0.25) is 14.4 Å². The maximum atomic E-state index is 14.8. The summed E-state index contributed by atoms with van der Waals surface area (Å²) < 4.78 is 12.2. The van der Waals surface area contributed by atoms with Gasteiger partial charge in [0.25, 0.3) is 0 Å². The van der Waals surface area contributed by atoms with Crippen molar-refractivity contribution in [2.45, 2.75) is 110 Å². The molecular formula is C31H50N2O6. The van der Waals surface area contributed by atoms with E-state index in [0.29, 0.717) is 25.8 Å². The van der Waals surface area contributed by atoms with Crippen molar-refractivity contribution in [3.63, 3.8) is 0 Å². The van der Waals surface area contributed by atoms with Gasteiger partial charge in [0.1, 0.15) is 24.2 Å². The molecule has 1 spiro atoms. The van der Waals surface area contributed by atoms with Gasteiger partial charge in [0.15, 0.2) is 0 Å². The van der Waals surface area contributed by atoms with Gasteiger partial charge in [-0.25, -0.2) is 0 Å². The summed E-state index contributed by atoms with van der Waals surface area (Å²) in [4.78, 5) is 46.0. The molecule has 0 saturated carbocycles. The van der Waals surface area contributed by atoms with E-state index in [1.165, 1.54) is 6.08 Å². The third-order valence-electron chi connectivity index (χ3n) is 9.16. The second-order valence-electron chi connectivity index (χ2n) is 13.8. The molecule has 8 nitrogen and oxygen atoms in total. The zero-order valence-corrected chi connectivity index (χ0v) is 25.3. The molecule has 3 saturated heterocycles. The maximum Gasteiger partial charge on any atom is 0.313 e. The molecule has 3 heterocycles. The number of amides is 2. The minimum absolute atomic E-state index is 0.0334. The number of aliphatic hydroxyl groups is 1. The molecule has 3 rings (SSSR count). The van der Waals surface area contributed by atoms with Crippen LogP contribution >= 0.6 is 0 Å². The van der Waals surface area contributed by atoms with E-state index in [1.54, 1.807) is 15.9 Å². The molecule has 7 atom stereocenters. The molecule has 0 radical (unpaired) electrons. The summed E-state index contributed by atoms with van der Waals surface area (Å²) in [7, 11) is 0. The lowest BCUT2D eigenvalue weighted by atomic mass is 9.66. The first-order valence-electron chi connectivity index (χ1n) is 14.4. The zero-order chi connectivity index (χ0) is 29.6. The summed E-state index contributed by atoms with van der Waals surface area (Å²) >= 11 is 0. The lowest BCUT2D eigenvalue weighted by Crippen LogP contribution is -2.63. The van der Waals surface area contributed by atoms with Crippen molar-refractivity contribution in [2.75, 3.05) is 19.8 Å². The lowest BCUT2D eigenvalue weighted by molar-refractivity contribution is -0.163. The Morgan fingerprint density at radius 2 is 1.87 bits per heavy atom. The van der Waals surface area contributed by atoms with Crippen molar-refractivity contribution >= 4 is 17.8 Å². The fourth-order valence-corrected chi connectivity index (χ4v) is 7.71. The average Bonchev–Trinajstić information content (AvgIpc) is 3.40. The third-order valence-corrected chi connectivity index (χ3v) is 9.16. The summed E-state index contributed by atoms with van der Waals surface area (Å²) in [6.07, 6.45) is 5.64. The first-order valence-corrected chi connectivity index (χ1v) is 14.4. The summed E-state index contributed by atoms with van der Waals surface area (Å²) in [5.41, 5.74) is -2.71. The standard InChI is InChI=1S/C31H50N2O6/c1-11-16-32(29(8,9)19-28(5,6)7)26(36)24-31-15-14-30(10,39-31)23(27(37)38-17-12-2)22(31)25(35)33(24)21(18-34)20(4)13-3/h11-12,20-24,34H,1-2,13-19H2,3-10H3/t20-,21-,22-,23-,24?,30+,31?/m0/s1. The van der Waals surface area contributed by atoms with Crippen molar-refractivity contribution in [3.8, 4) is 0 Å². The highest BCUT2D eigenvalue weighted by Crippen LogP contribution is 2.64. The topological polar surface area (TPSA) is 96.4 Å². The normalized spacial score (nSPS) is 31.6. The molecule has 0 aromatic rings. The van der Waals surface area contributed by atoms with E-state index in [-0.39, 0.29) is 36.4 Å². The number of carbonyl (C=O) groups is 3. The Hall–Kier alpha value is -2.19. The monoisotopic (exact) mass is 546 g/mol. The highest BCUT2D eigenvalue weighted by Gasteiger charge is 2.79. The first-order chi connectivity index (χ1) is 18.0. The van der Waals surface area contributed by atoms with E-state index in [4.69, 9.17) is 9.47 Å². The minimum atomic E-state index is -1.18. The zero-order valence-electron chi connectivity index (χ0n) is 25.3. The fraction of sp³-hybridized carbons (Fsp3) is 0.774. The first kappa shape index (κ1) is 31.3. The van der Waals surface area contributed by atoms with Crippen LogP contribution in [0.5, 0.6) is 0 Å². The molecule has 3 aliphatic heterocycles. The van der Waals surface area contributed by atoms with Crippen LogP contribution < -0.4 is 0 Å². The maximum absolute atomic E-state index is 14.8. The van der Waals surface area contributed by atoms with Crippen LogP contribution in [-0.4, -0.2) is 81.3 Å². The van der Waals surface area contributed by atoms with Gasteiger partial charge in [-0.1, -0.05) is 59.8 Å². The molecule has 8 heteroatoms. The summed E-state index contributed by atoms with van der Waals surface area (Å²) in [6, 6.07) is -1.56. The van der Waals surface area contributed by atoms with Crippen molar-refractivity contribution in [3.05, 3.63) is 25.3 Å². The van der Waals surface area contributed by atoms with E-state index in [1.807, 2.05) is 34.6 Å². The van der Waals surface area contributed by atoms with Crippen LogP contribution in [0.25, 0.3) is 0 Å². The van der Waals surface area contributed by atoms with Crippen molar-refractivity contribution in [1.82, 2.24) is 9.80 Å². The SMILES string of the molecule is C=CCOC(=O)[C@@H]1[C@H]2C(=O)N([C@@H](CO)[C@@H](C)CC)C(C(=O)N(CC=C)C(C)(C)CC(C)(C)C)C23CC[C@@]1(C)O3. The van der Waals surface area contributed by atoms with Crippen molar-refractivity contribution < 1.29 is 29.0 Å². The molecule has 0 aromatic carbocycles. The molecule has 220 valence electrons. The Labute approximate surface area is 234 Å². The van der Waals surface area contributed by atoms with Gasteiger partial charge >= 0.3 is 5.97 Å². The third kappa shape index (κ3) is 5.31. The second kappa shape index (κ2) is 11.0. The largest absolute Gasteiger partial charge is 0.461 e. The van der Waals surface area contributed by atoms with Crippen LogP contribution in [0.3, 0.4) is 0 Å². The molecule has 3 aliphatic rings. The number of hydrogen-bond acceptors (Lipinski definition) is 6. The number of esters is 1. The Balaban J connectivity index is 2.19. The van der Waals surface area contributed by atoms with Gasteiger partial charge in [0.2, 0.25) is 11.8 Å².